The highest BCUT2D eigenvalue weighted by molar-refractivity contribution is 5.76. The first-order chi connectivity index (χ1) is 22.2. The number of rotatable bonds is 7. The normalized spacial score (nSPS) is 47.4. The van der Waals surface area contributed by atoms with Crippen LogP contribution < -0.4 is 0 Å². The van der Waals surface area contributed by atoms with Crippen LogP contribution in [0.4, 0.5) is 0 Å². The quantitative estimate of drug-likeness (QED) is 0.324. The van der Waals surface area contributed by atoms with Crippen LogP contribution in [-0.4, -0.2) is 77.9 Å². The molecule has 8 aliphatic rings. The molecule has 0 aromatic rings. The Labute approximate surface area is 282 Å². The Morgan fingerprint density at radius 1 is 0.957 bits per heavy atom. The first-order valence-corrected chi connectivity index (χ1v) is 19.3. The average Bonchev–Trinajstić information content (AvgIpc) is 3.92. The lowest BCUT2D eigenvalue weighted by molar-refractivity contribution is -0.244. The third kappa shape index (κ3) is 5.18. The fourth-order valence-corrected chi connectivity index (χ4v) is 13.4. The zero-order chi connectivity index (χ0) is 33.1. The molecule has 2 heterocycles. The molecule has 8 heteroatoms. The molecule has 1 N–H and O–H groups in total. The van der Waals surface area contributed by atoms with Crippen molar-refractivity contribution in [2.75, 3.05) is 19.7 Å². The van der Waals surface area contributed by atoms with E-state index in [-0.39, 0.29) is 41.9 Å². The van der Waals surface area contributed by atoms with Gasteiger partial charge in [-0.2, -0.15) is 0 Å². The lowest BCUT2D eigenvalue weighted by atomic mass is 9.46. The van der Waals surface area contributed by atoms with Crippen LogP contribution in [0.1, 0.15) is 125 Å². The predicted octanol–water partition coefficient (Wildman–Crippen LogP) is 6.27. The minimum absolute atomic E-state index is 0.0694. The van der Waals surface area contributed by atoms with Crippen LogP contribution in [0.15, 0.2) is 0 Å². The van der Waals surface area contributed by atoms with Crippen molar-refractivity contribution in [3.8, 4) is 0 Å². The van der Waals surface area contributed by atoms with Gasteiger partial charge in [0.1, 0.15) is 0 Å². The Balaban J connectivity index is 0.950. The molecule has 1 amide bonds. The fourth-order valence-electron chi connectivity index (χ4n) is 13.4. The highest BCUT2D eigenvalue weighted by atomic mass is 16.7. The van der Waals surface area contributed by atoms with E-state index in [4.69, 9.17) is 18.9 Å². The lowest BCUT2D eigenvalue weighted by Gasteiger charge is -2.60. The Bertz CT molecular complexity index is 1260. The van der Waals surface area contributed by atoms with Gasteiger partial charge in [0.15, 0.2) is 12.4 Å². The smallest absolute Gasteiger partial charge is 0.303 e. The number of esters is 1. The van der Waals surface area contributed by atoms with Gasteiger partial charge in [-0.3, -0.25) is 9.59 Å². The highest BCUT2D eigenvalue weighted by Gasteiger charge is 2.80. The summed E-state index contributed by atoms with van der Waals surface area (Å²) in [6.07, 6.45) is 14.2. The van der Waals surface area contributed by atoms with E-state index >= 15 is 0 Å². The van der Waals surface area contributed by atoms with E-state index in [2.05, 4.69) is 20.8 Å². The van der Waals surface area contributed by atoms with Crippen molar-refractivity contribution in [2.45, 2.75) is 161 Å². The third-order valence-corrected chi connectivity index (χ3v) is 15.7. The molecule has 8 nitrogen and oxygen atoms in total. The van der Waals surface area contributed by atoms with Crippen LogP contribution in [-0.2, 0) is 28.5 Å². The van der Waals surface area contributed by atoms with Crippen molar-refractivity contribution in [3.63, 3.8) is 0 Å². The Kier molecular flexibility index (Phi) is 7.81. The largest absolute Gasteiger partial charge is 0.457 e. The van der Waals surface area contributed by atoms with E-state index in [9.17, 15) is 14.7 Å². The summed E-state index contributed by atoms with van der Waals surface area (Å²) in [7, 11) is 0. The number of amides is 1. The molecule has 8 rings (SSSR count). The first kappa shape index (κ1) is 33.0. The molecule has 264 valence electrons. The summed E-state index contributed by atoms with van der Waals surface area (Å²) in [5, 5.41) is 10.9. The highest BCUT2D eigenvalue weighted by Crippen LogP contribution is 2.87. The number of hydrogen-bond donors (Lipinski definition) is 1. The van der Waals surface area contributed by atoms with Gasteiger partial charge in [-0.05, 0) is 142 Å². The molecular weight excluding hydrogens is 594 g/mol. The molecule has 2 aliphatic heterocycles. The topological polar surface area (TPSA) is 94.5 Å². The van der Waals surface area contributed by atoms with Gasteiger partial charge in [0.2, 0.25) is 5.91 Å². The van der Waals surface area contributed by atoms with Crippen molar-refractivity contribution in [1.29, 1.82) is 0 Å². The van der Waals surface area contributed by atoms with Crippen molar-refractivity contribution in [1.82, 2.24) is 4.90 Å². The van der Waals surface area contributed by atoms with Gasteiger partial charge < -0.3 is 29.0 Å². The second-order valence-electron chi connectivity index (χ2n) is 18.9. The summed E-state index contributed by atoms with van der Waals surface area (Å²) in [6, 6.07) is 0. The van der Waals surface area contributed by atoms with Crippen LogP contribution in [0, 0.1) is 51.2 Å². The minimum atomic E-state index is -1.15. The Morgan fingerprint density at radius 2 is 1.72 bits per heavy atom. The van der Waals surface area contributed by atoms with Crippen LogP contribution in [0.25, 0.3) is 0 Å². The van der Waals surface area contributed by atoms with Crippen LogP contribution in [0.3, 0.4) is 0 Å². The molecule has 0 radical (unpaired) electrons. The molecule has 6 saturated carbocycles. The maximum absolute atomic E-state index is 12.9. The van der Waals surface area contributed by atoms with Crippen molar-refractivity contribution < 1.29 is 33.6 Å². The van der Waals surface area contributed by atoms with Crippen molar-refractivity contribution >= 4 is 11.9 Å². The molecule has 2 spiro atoms. The predicted molar refractivity (Wildman–Crippen MR) is 176 cm³/mol. The number of fused-ring (bicyclic) bond motifs is 4. The van der Waals surface area contributed by atoms with E-state index in [1.54, 1.807) is 13.8 Å². The Hall–Kier alpha value is -1.22. The number of hydrogen-bond acceptors (Lipinski definition) is 7. The maximum atomic E-state index is 12.9. The van der Waals surface area contributed by atoms with Gasteiger partial charge in [-0.25, -0.2) is 0 Å². The molecule has 8 fully saturated rings. The number of carbonyl (C=O) groups excluding carboxylic acids is 2. The van der Waals surface area contributed by atoms with Gasteiger partial charge in [0.25, 0.3) is 0 Å². The molecule has 0 aromatic carbocycles. The summed E-state index contributed by atoms with van der Waals surface area (Å²) in [5.74, 6) is 3.15. The lowest BCUT2D eigenvalue weighted by Crippen LogP contribution is -2.56. The number of aliphatic hydroxyl groups is 1. The third-order valence-electron chi connectivity index (χ3n) is 15.7. The Morgan fingerprint density at radius 3 is 2.45 bits per heavy atom. The van der Waals surface area contributed by atoms with E-state index in [1.807, 2.05) is 4.90 Å². The van der Waals surface area contributed by atoms with Gasteiger partial charge in [0.05, 0.1) is 37.1 Å². The van der Waals surface area contributed by atoms with E-state index < -0.39 is 11.7 Å². The average molecular weight is 656 g/mol. The molecular formula is C39H61NO7. The number of ether oxygens (including phenoxy) is 4. The van der Waals surface area contributed by atoms with Crippen molar-refractivity contribution in [2.24, 2.45) is 51.2 Å². The summed E-state index contributed by atoms with van der Waals surface area (Å²) in [4.78, 5) is 26.8. The van der Waals surface area contributed by atoms with E-state index in [0.717, 1.165) is 31.6 Å². The van der Waals surface area contributed by atoms with Gasteiger partial charge in [-0.15, -0.1) is 0 Å². The first-order valence-electron chi connectivity index (χ1n) is 19.3. The van der Waals surface area contributed by atoms with Crippen LogP contribution >= 0.6 is 0 Å². The second kappa shape index (κ2) is 11.1. The number of carbonyl (C=O) groups is 2. The molecule has 47 heavy (non-hydrogen) atoms. The minimum Gasteiger partial charge on any atom is -0.457 e. The maximum Gasteiger partial charge on any atom is 0.303 e. The van der Waals surface area contributed by atoms with Crippen LogP contribution in [0.5, 0.6) is 0 Å². The standard InChI is InChI=1S/C39H61NO7/c1-23(41)45-34(36(4,5)43)28-11-9-26-29(46-28)20-27-25-10-12-30-35(2,3)31(13-14-39(30)22-38(25,39)16-15-37(26,27)6)47-33-21-40(17-18-44-33)32(42)19-24-7-8-24/h24-31,33-34,43H,7-22H2,1-6H3/t25?,26?,27?,28?,29?,30?,31-,33?,34-,37?,38?,39+/m0/s1. The van der Waals surface area contributed by atoms with E-state index in [0.29, 0.717) is 66.0 Å². The SMILES string of the molecule is CC(=O)O[C@@H](C1CCC2C(CC3C4CCC5C(C)(C)[C@@H](OC6CN(C(=O)CC7CC7)CCO6)CC[C@@]56CC46CCC23C)O1)C(C)(C)O. The number of nitrogens with zero attached hydrogens (tertiary/aromatic N) is 1. The summed E-state index contributed by atoms with van der Waals surface area (Å²) in [5.41, 5.74) is 0.103. The molecule has 2 saturated heterocycles. The van der Waals surface area contributed by atoms with E-state index in [1.165, 1.54) is 58.3 Å². The molecule has 9 unspecified atom stereocenters. The number of morpholine rings is 1. The molecule has 0 bridgehead atoms. The van der Waals surface area contributed by atoms with Crippen molar-refractivity contribution in [3.05, 3.63) is 0 Å². The molecule has 0 aromatic heterocycles. The second-order valence-corrected chi connectivity index (χ2v) is 18.9. The van der Waals surface area contributed by atoms with Gasteiger partial charge in [0, 0.05) is 19.9 Å². The summed E-state index contributed by atoms with van der Waals surface area (Å²) >= 11 is 0. The zero-order valence-corrected chi connectivity index (χ0v) is 29.9. The zero-order valence-electron chi connectivity index (χ0n) is 29.9. The fraction of sp³-hybridized carbons (Fsp3) is 0.949. The molecule has 6 aliphatic carbocycles. The van der Waals surface area contributed by atoms with Crippen LogP contribution in [0.2, 0.25) is 0 Å². The monoisotopic (exact) mass is 655 g/mol. The van der Waals surface area contributed by atoms with Gasteiger partial charge >= 0.3 is 5.97 Å². The summed E-state index contributed by atoms with van der Waals surface area (Å²) in [6.45, 7) is 14.2. The molecule has 12 atom stereocenters. The summed E-state index contributed by atoms with van der Waals surface area (Å²) < 4.78 is 25.5. The van der Waals surface area contributed by atoms with Gasteiger partial charge in [-0.1, -0.05) is 20.8 Å².